The van der Waals surface area contributed by atoms with Crippen molar-refractivity contribution in [3.8, 4) is 0 Å². The number of fused-ring (bicyclic) bond motifs is 1. The van der Waals surface area contributed by atoms with Crippen LogP contribution in [-0.4, -0.2) is 21.1 Å². The summed E-state index contributed by atoms with van der Waals surface area (Å²) >= 11 is 0. The van der Waals surface area contributed by atoms with Gasteiger partial charge in [-0.15, -0.1) is 0 Å². The van der Waals surface area contributed by atoms with E-state index < -0.39 is 0 Å². The topological polar surface area (TPSA) is 42.2 Å². The van der Waals surface area contributed by atoms with Crippen LogP contribution in [-0.2, 0) is 6.54 Å². The van der Waals surface area contributed by atoms with Crippen LogP contribution in [0.1, 0.15) is 57.7 Å². The largest absolute Gasteiger partial charge is 0.312 e. The molecule has 21 heavy (non-hydrogen) atoms. The Kier molecular flexibility index (Phi) is 5.34. The molecule has 0 aliphatic heterocycles. The first-order valence-electron chi connectivity index (χ1n) is 8.02. The Hall–Kier alpha value is -1.42. The molecule has 0 bridgehead atoms. The van der Waals surface area contributed by atoms with E-state index in [0.717, 1.165) is 24.4 Å². The van der Waals surface area contributed by atoms with Crippen molar-refractivity contribution < 1.29 is 0 Å². The lowest BCUT2D eigenvalue weighted by Crippen LogP contribution is -2.29. The van der Waals surface area contributed by atoms with Gasteiger partial charge in [0.25, 0.3) is 0 Å². The maximum absolute atomic E-state index is 4.44. The number of rotatable bonds is 8. The Labute approximate surface area is 128 Å². The van der Waals surface area contributed by atoms with Crippen LogP contribution in [0.2, 0.25) is 0 Å². The van der Waals surface area contributed by atoms with Crippen molar-refractivity contribution in [1.82, 2.24) is 19.9 Å². The van der Waals surface area contributed by atoms with Crippen LogP contribution in [0.4, 0.5) is 0 Å². The number of nitrogens with one attached hydrogen (secondary N) is 1. The summed E-state index contributed by atoms with van der Waals surface area (Å²) in [6, 6.07) is 1.99. The molecule has 0 atom stereocenters. The normalized spacial score (nSPS) is 12.2. The molecule has 0 aliphatic carbocycles. The van der Waals surface area contributed by atoms with Gasteiger partial charge in [0.15, 0.2) is 5.65 Å². The van der Waals surface area contributed by atoms with E-state index in [1.54, 1.807) is 0 Å². The maximum atomic E-state index is 4.44. The summed E-state index contributed by atoms with van der Waals surface area (Å²) in [4.78, 5) is 4.44. The van der Waals surface area contributed by atoms with Gasteiger partial charge in [0.2, 0.25) is 0 Å². The molecule has 0 aromatic carbocycles. The SMILES string of the molecule is CCCCCC(C)(C)CNCc1cnc2cc(C)nn2c1. The van der Waals surface area contributed by atoms with Gasteiger partial charge in [-0.2, -0.15) is 5.10 Å². The number of unbranched alkanes of at least 4 members (excludes halogenated alkanes) is 2. The summed E-state index contributed by atoms with van der Waals surface area (Å²) in [5, 5.41) is 7.97. The van der Waals surface area contributed by atoms with Gasteiger partial charge in [0.1, 0.15) is 0 Å². The van der Waals surface area contributed by atoms with E-state index in [1.807, 2.05) is 23.7 Å². The maximum Gasteiger partial charge on any atom is 0.155 e. The van der Waals surface area contributed by atoms with E-state index in [-0.39, 0.29) is 0 Å². The van der Waals surface area contributed by atoms with Crippen molar-refractivity contribution in [2.24, 2.45) is 5.41 Å². The molecule has 116 valence electrons. The second-order valence-electron chi connectivity index (χ2n) is 6.78. The Bertz CT molecular complexity index is 571. The Balaban J connectivity index is 1.83. The predicted molar refractivity (Wildman–Crippen MR) is 87.4 cm³/mol. The molecule has 4 nitrogen and oxygen atoms in total. The Morgan fingerprint density at radius 2 is 2.10 bits per heavy atom. The van der Waals surface area contributed by atoms with E-state index >= 15 is 0 Å². The molecule has 0 saturated carbocycles. The standard InChI is InChI=1S/C17H28N4/c1-5-6-7-8-17(3,4)13-18-10-15-11-19-16-9-14(2)20-21(16)12-15/h9,11-12,18H,5-8,10,13H2,1-4H3. The lowest BCUT2D eigenvalue weighted by molar-refractivity contribution is 0.302. The quantitative estimate of drug-likeness (QED) is 0.753. The van der Waals surface area contributed by atoms with Gasteiger partial charge in [-0.25, -0.2) is 9.50 Å². The van der Waals surface area contributed by atoms with Crippen LogP contribution in [0.5, 0.6) is 0 Å². The fourth-order valence-corrected chi connectivity index (χ4v) is 2.61. The number of hydrogen-bond donors (Lipinski definition) is 1. The van der Waals surface area contributed by atoms with Gasteiger partial charge < -0.3 is 5.32 Å². The lowest BCUT2D eigenvalue weighted by atomic mass is 9.87. The molecule has 1 N–H and O–H groups in total. The van der Waals surface area contributed by atoms with Crippen LogP contribution < -0.4 is 5.32 Å². The van der Waals surface area contributed by atoms with E-state index in [9.17, 15) is 0 Å². The molecule has 0 radical (unpaired) electrons. The second kappa shape index (κ2) is 7.03. The molecular formula is C17H28N4. The smallest absolute Gasteiger partial charge is 0.155 e. The molecule has 0 aliphatic rings. The van der Waals surface area contributed by atoms with Crippen LogP contribution in [0.15, 0.2) is 18.5 Å². The molecule has 0 fully saturated rings. The van der Waals surface area contributed by atoms with Gasteiger partial charge in [-0.05, 0) is 18.8 Å². The average molecular weight is 288 g/mol. The molecule has 0 saturated heterocycles. The zero-order valence-electron chi connectivity index (χ0n) is 13.8. The van der Waals surface area contributed by atoms with Crippen molar-refractivity contribution >= 4 is 5.65 Å². The zero-order chi connectivity index (χ0) is 15.3. The van der Waals surface area contributed by atoms with Gasteiger partial charge in [-0.3, -0.25) is 0 Å². The highest BCUT2D eigenvalue weighted by molar-refractivity contribution is 5.38. The summed E-state index contributed by atoms with van der Waals surface area (Å²) in [7, 11) is 0. The van der Waals surface area contributed by atoms with Crippen molar-refractivity contribution in [2.75, 3.05) is 6.54 Å². The summed E-state index contributed by atoms with van der Waals surface area (Å²) in [6.45, 7) is 10.8. The first-order valence-corrected chi connectivity index (χ1v) is 8.02. The molecule has 0 amide bonds. The van der Waals surface area contributed by atoms with Gasteiger partial charge in [0.05, 0.1) is 5.69 Å². The van der Waals surface area contributed by atoms with E-state index in [0.29, 0.717) is 5.41 Å². The minimum Gasteiger partial charge on any atom is -0.312 e. The highest BCUT2D eigenvalue weighted by atomic mass is 15.2. The van der Waals surface area contributed by atoms with Crippen molar-refractivity contribution in [2.45, 2.75) is 59.9 Å². The van der Waals surface area contributed by atoms with Crippen LogP contribution >= 0.6 is 0 Å². The number of nitrogens with zero attached hydrogens (tertiary/aromatic N) is 3. The van der Waals surface area contributed by atoms with Crippen molar-refractivity contribution in [3.63, 3.8) is 0 Å². The molecule has 2 aromatic heterocycles. The summed E-state index contributed by atoms with van der Waals surface area (Å²) < 4.78 is 1.86. The average Bonchev–Trinajstić information content (AvgIpc) is 2.78. The lowest BCUT2D eigenvalue weighted by Gasteiger charge is -2.25. The van der Waals surface area contributed by atoms with E-state index in [4.69, 9.17) is 0 Å². The summed E-state index contributed by atoms with van der Waals surface area (Å²) in [5.41, 5.74) is 3.45. The van der Waals surface area contributed by atoms with Crippen molar-refractivity contribution in [3.05, 3.63) is 29.7 Å². The monoisotopic (exact) mass is 288 g/mol. The number of hydrogen-bond acceptors (Lipinski definition) is 3. The zero-order valence-corrected chi connectivity index (χ0v) is 13.8. The minimum absolute atomic E-state index is 0.356. The molecule has 2 rings (SSSR count). The third-order valence-electron chi connectivity index (χ3n) is 3.88. The molecule has 0 unspecified atom stereocenters. The fraction of sp³-hybridized carbons (Fsp3) is 0.647. The first-order chi connectivity index (χ1) is 10.00. The molecule has 4 heteroatoms. The van der Waals surface area contributed by atoms with E-state index in [2.05, 4.69) is 42.4 Å². The van der Waals surface area contributed by atoms with Crippen LogP contribution in [0.3, 0.4) is 0 Å². The third-order valence-corrected chi connectivity index (χ3v) is 3.88. The Morgan fingerprint density at radius 3 is 2.86 bits per heavy atom. The van der Waals surface area contributed by atoms with Crippen LogP contribution in [0.25, 0.3) is 5.65 Å². The minimum atomic E-state index is 0.356. The number of aromatic nitrogens is 3. The first kappa shape index (κ1) is 16.0. The Morgan fingerprint density at radius 1 is 1.29 bits per heavy atom. The molecule has 2 aromatic rings. The second-order valence-corrected chi connectivity index (χ2v) is 6.78. The van der Waals surface area contributed by atoms with E-state index in [1.165, 1.54) is 31.2 Å². The molecule has 0 spiro atoms. The fourth-order valence-electron chi connectivity index (χ4n) is 2.61. The van der Waals surface area contributed by atoms with Gasteiger partial charge >= 0.3 is 0 Å². The number of aryl methyl sites for hydroxylation is 1. The predicted octanol–water partition coefficient (Wildman–Crippen LogP) is 3.73. The van der Waals surface area contributed by atoms with Gasteiger partial charge in [-0.1, -0.05) is 40.0 Å². The third kappa shape index (κ3) is 4.81. The summed E-state index contributed by atoms with van der Waals surface area (Å²) in [5.74, 6) is 0. The van der Waals surface area contributed by atoms with Gasteiger partial charge in [0, 0.05) is 37.1 Å². The molecular weight excluding hydrogens is 260 g/mol. The van der Waals surface area contributed by atoms with Crippen molar-refractivity contribution in [1.29, 1.82) is 0 Å². The van der Waals surface area contributed by atoms with Crippen LogP contribution in [0, 0.1) is 12.3 Å². The summed E-state index contributed by atoms with van der Waals surface area (Å²) in [6.07, 6.45) is 9.23. The molecule has 2 heterocycles. The highest BCUT2D eigenvalue weighted by Crippen LogP contribution is 2.22. The highest BCUT2D eigenvalue weighted by Gasteiger charge is 2.16.